The zero-order valence-electron chi connectivity index (χ0n) is 15.9. The van der Waals surface area contributed by atoms with Crippen molar-refractivity contribution in [2.75, 3.05) is 0 Å². The molecule has 0 fully saturated rings. The number of rotatable bonds is 5. The van der Waals surface area contributed by atoms with Crippen molar-refractivity contribution in [3.63, 3.8) is 0 Å². The third-order valence-corrected chi connectivity index (χ3v) is 5.03. The smallest absolute Gasteiger partial charge is 0.177 e. The van der Waals surface area contributed by atoms with Gasteiger partial charge in [0.2, 0.25) is 0 Å². The van der Waals surface area contributed by atoms with Gasteiger partial charge in [0, 0.05) is 12.0 Å². The van der Waals surface area contributed by atoms with Crippen LogP contribution in [0.4, 0.5) is 0 Å². The predicted molar refractivity (Wildman–Crippen MR) is 115 cm³/mol. The molecule has 29 heavy (non-hydrogen) atoms. The molecule has 5 rings (SSSR count). The second kappa shape index (κ2) is 7.68. The minimum Gasteiger partial charge on any atom is -0.196 e. The summed E-state index contributed by atoms with van der Waals surface area (Å²) < 4.78 is 1.85. The Bertz CT molecular complexity index is 1230. The molecule has 0 unspecified atom stereocenters. The van der Waals surface area contributed by atoms with Crippen LogP contribution in [-0.4, -0.2) is 19.8 Å². The molecule has 4 nitrogen and oxygen atoms in total. The van der Waals surface area contributed by atoms with Crippen LogP contribution in [-0.2, 0) is 12.8 Å². The van der Waals surface area contributed by atoms with E-state index in [9.17, 15) is 0 Å². The maximum absolute atomic E-state index is 4.77. The Morgan fingerprint density at radius 3 is 1.90 bits per heavy atom. The van der Waals surface area contributed by atoms with E-state index in [2.05, 4.69) is 70.9 Å². The highest BCUT2D eigenvalue weighted by atomic mass is 15.4. The fourth-order valence-electron chi connectivity index (χ4n) is 3.50. The molecule has 3 aromatic carbocycles. The van der Waals surface area contributed by atoms with Crippen molar-refractivity contribution in [1.29, 1.82) is 0 Å². The first kappa shape index (κ1) is 17.3. The van der Waals surface area contributed by atoms with Gasteiger partial charge >= 0.3 is 0 Å². The summed E-state index contributed by atoms with van der Waals surface area (Å²) in [6, 6.07) is 33.4. The van der Waals surface area contributed by atoms with Crippen LogP contribution >= 0.6 is 0 Å². The van der Waals surface area contributed by atoms with Gasteiger partial charge in [-0.25, -0.2) is 0 Å². The molecule has 0 radical (unpaired) electrons. The third kappa shape index (κ3) is 3.78. The van der Waals surface area contributed by atoms with Crippen LogP contribution in [0, 0.1) is 0 Å². The Kier molecular flexibility index (Phi) is 4.59. The SMILES string of the molecule is c1ccc(Cc2ccc(Cc3nnc4ccc(-c5ccccc5)nn34)cc2)cc1. The third-order valence-electron chi connectivity index (χ3n) is 5.03. The monoisotopic (exact) mass is 376 g/mol. The molecule has 0 N–H and O–H groups in total. The quantitative estimate of drug-likeness (QED) is 0.435. The molecule has 0 saturated carbocycles. The molecule has 0 amide bonds. The van der Waals surface area contributed by atoms with Gasteiger partial charge in [-0.2, -0.15) is 9.61 Å². The predicted octanol–water partition coefficient (Wildman–Crippen LogP) is 4.97. The van der Waals surface area contributed by atoms with Crippen molar-refractivity contribution in [1.82, 2.24) is 19.8 Å². The van der Waals surface area contributed by atoms with Gasteiger partial charge in [-0.3, -0.25) is 0 Å². The van der Waals surface area contributed by atoms with Crippen molar-refractivity contribution >= 4 is 5.65 Å². The second-order valence-electron chi connectivity index (χ2n) is 7.13. The van der Waals surface area contributed by atoms with Gasteiger partial charge in [0.25, 0.3) is 0 Å². The van der Waals surface area contributed by atoms with Gasteiger partial charge < -0.3 is 0 Å². The van der Waals surface area contributed by atoms with Crippen LogP contribution in [0.25, 0.3) is 16.9 Å². The largest absolute Gasteiger partial charge is 0.196 e. The van der Waals surface area contributed by atoms with E-state index in [4.69, 9.17) is 5.10 Å². The van der Waals surface area contributed by atoms with Crippen molar-refractivity contribution in [2.45, 2.75) is 12.8 Å². The van der Waals surface area contributed by atoms with E-state index in [1.165, 1.54) is 16.7 Å². The van der Waals surface area contributed by atoms with E-state index in [0.717, 1.165) is 29.1 Å². The molecular weight excluding hydrogens is 356 g/mol. The van der Waals surface area contributed by atoms with E-state index in [1.807, 2.05) is 40.9 Å². The summed E-state index contributed by atoms with van der Waals surface area (Å²) in [4.78, 5) is 0. The molecule has 0 aliphatic heterocycles. The van der Waals surface area contributed by atoms with Crippen LogP contribution in [0.5, 0.6) is 0 Å². The summed E-state index contributed by atoms with van der Waals surface area (Å²) in [5.74, 6) is 0.841. The molecule has 5 aromatic rings. The number of benzene rings is 3. The van der Waals surface area contributed by atoms with Crippen LogP contribution in [0.2, 0.25) is 0 Å². The summed E-state index contributed by atoms with van der Waals surface area (Å²) in [5.41, 5.74) is 6.58. The Morgan fingerprint density at radius 1 is 0.552 bits per heavy atom. The number of hydrogen-bond donors (Lipinski definition) is 0. The van der Waals surface area contributed by atoms with E-state index in [1.54, 1.807) is 0 Å². The van der Waals surface area contributed by atoms with Crippen molar-refractivity contribution in [2.24, 2.45) is 0 Å². The topological polar surface area (TPSA) is 43.1 Å². The van der Waals surface area contributed by atoms with E-state index in [-0.39, 0.29) is 0 Å². The summed E-state index contributed by atoms with van der Waals surface area (Å²) in [6.45, 7) is 0. The zero-order chi connectivity index (χ0) is 19.5. The lowest BCUT2D eigenvalue weighted by molar-refractivity contribution is 0.841. The van der Waals surface area contributed by atoms with E-state index in [0.29, 0.717) is 6.42 Å². The average Bonchev–Trinajstić information content (AvgIpc) is 3.18. The highest BCUT2D eigenvalue weighted by molar-refractivity contribution is 5.60. The Hall–Kier alpha value is -3.79. The summed E-state index contributed by atoms with van der Waals surface area (Å²) >= 11 is 0. The highest BCUT2D eigenvalue weighted by Gasteiger charge is 2.10. The van der Waals surface area contributed by atoms with Gasteiger partial charge in [-0.15, -0.1) is 10.2 Å². The number of hydrogen-bond acceptors (Lipinski definition) is 3. The van der Waals surface area contributed by atoms with Gasteiger partial charge in [0.1, 0.15) is 0 Å². The van der Waals surface area contributed by atoms with Gasteiger partial charge in [-0.05, 0) is 35.2 Å². The summed E-state index contributed by atoms with van der Waals surface area (Å²) in [5, 5.41) is 13.4. The number of fused-ring (bicyclic) bond motifs is 1. The summed E-state index contributed by atoms with van der Waals surface area (Å²) in [7, 11) is 0. The zero-order valence-corrected chi connectivity index (χ0v) is 15.9. The molecule has 2 aromatic heterocycles. The maximum atomic E-state index is 4.77. The van der Waals surface area contributed by atoms with Crippen molar-refractivity contribution in [3.8, 4) is 11.3 Å². The first-order chi connectivity index (χ1) is 14.3. The lowest BCUT2D eigenvalue weighted by atomic mass is 10.0. The van der Waals surface area contributed by atoms with Gasteiger partial charge in [0.05, 0.1) is 5.69 Å². The Labute approximate surface area is 169 Å². The van der Waals surface area contributed by atoms with E-state index >= 15 is 0 Å². The standard InChI is InChI=1S/C25H20N4/c1-3-7-19(8-4-1)17-20-11-13-21(14-12-20)18-25-27-26-24-16-15-23(28-29(24)25)22-9-5-2-6-10-22/h1-16H,17-18H2. The van der Waals surface area contributed by atoms with Crippen LogP contribution in [0.15, 0.2) is 97.1 Å². The lowest BCUT2D eigenvalue weighted by Gasteiger charge is -2.05. The first-order valence-electron chi connectivity index (χ1n) is 9.74. The van der Waals surface area contributed by atoms with Gasteiger partial charge in [0.15, 0.2) is 11.5 Å². The molecule has 0 saturated heterocycles. The molecule has 4 heteroatoms. The van der Waals surface area contributed by atoms with Crippen molar-refractivity contribution in [3.05, 3.63) is 120 Å². The first-order valence-corrected chi connectivity index (χ1v) is 9.74. The molecule has 0 spiro atoms. The molecule has 0 atom stereocenters. The molecule has 0 bridgehead atoms. The number of aromatic nitrogens is 4. The Morgan fingerprint density at radius 2 is 1.17 bits per heavy atom. The Balaban J connectivity index is 1.38. The maximum Gasteiger partial charge on any atom is 0.177 e. The minimum atomic E-state index is 0.692. The summed E-state index contributed by atoms with van der Waals surface area (Å²) in [6.07, 6.45) is 1.63. The van der Waals surface area contributed by atoms with Crippen LogP contribution in [0.3, 0.4) is 0 Å². The molecular formula is C25H20N4. The van der Waals surface area contributed by atoms with E-state index < -0.39 is 0 Å². The van der Waals surface area contributed by atoms with Crippen LogP contribution in [0.1, 0.15) is 22.5 Å². The second-order valence-corrected chi connectivity index (χ2v) is 7.13. The van der Waals surface area contributed by atoms with Crippen LogP contribution < -0.4 is 0 Å². The lowest BCUT2D eigenvalue weighted by Crippen LogP contribution is -2.01. The minimum absolute atomic E-state index is 0.692. The molecule has 0 aliphatic carbocycles. The fraction of sp³-hybridized carbons (Fsp3) is 0.0800. The fourth-order valence-corrected chi connectivity index (χ4v) is 3.50. The van der Waals surface area contributed by atoms with Crippen molar-refractivity contribution < 1.29 is 0 Å². The molecule has 0 aliphatic rings. The van der Waals surface area contributed by atoms with Gasteiger partial charge in [-0.1, -0.05) is 84.9 Å². The molecule has 140 valence electrons. The number of nitrogens with zero attached hydrogens (tertiary/aromatic N) is 4. The highest BCUT2D eigenvalue weighted by Crippen LogP contribution is 2.18. The molecule has 2 heterocycles. The average molecular weight is 376 g/mol. The normalized spacial score (nSPS) is 11.0.